The number of rotatable bonds is 6. The number of piperidine rings is 1. The number of carbonyl (C=O) groups excluding carboxylic acids is 2. The van der Waals surface area contributed by atoms with Gasteiger partial charge < -0.3 is 10.1 Å². The van der Waals surface area contributed by atoms with Crippen LogP contribution < -0.4 is 5.32 Å². The Labute approximate surface area is 197 Å². The van der Waals surface area contributed by atoms with Gasteiger partial charge in [0, 0.05) is 18.8 Å². The Morgan fingerprint density at radius 1 is 1.16 bits per heavy atom. The summed E-state index contributed by atoms with van der Waals surface area (Å²) < 4.78 is 32.0. The van der Waals surface area contributed by atoms with E-state index in [-0.39, 0.29) is 18.2 Å². The lowest BCUT2D eigenvalue weighted by Gasteiger charge is -2.31. The minimum atomic E-state index is -3.64. The van der Waals surface area contributed by atoms with Gasteiger partial charge in [-0.1, -0.05) is 35.3 Å². The molecule has 0 saturated carbocycles. The van der Waals surface area contributed by atoms with Crippen LogP contribution in [0.4, 0.5) is 5.69 Å². The van der Waals surface area contributed by atoms with E-state index in [4.69, 9.17) is 27.9 Å². The number of esters is 1. The quantitative estimate of drug-likeness (QED) is 0.600. The molecule has 1 unspecified atom stereocenters. The lowest BCUT2D eigenvalue weighted by atomic mass is 9.98. The van der Waals surface area contributed by atoms with E-state index in [1.807, 2.05) is 6.92 Å². The average Bonchev–Trinajstić information content (AvgIpc) is 2.77. The molecule has 0 aromatic heterocycles. The van der Waals surface area contributed by atoms with Gasteiger partial charge in [0.1, 0.15) is 0 Å². The molecule has 10 heteroatoms. The van der Waals surface area contributed by atoms with Crippen molar-refractivity contribution in [2.75, 3.05) is 25.5 Å². The first kappa shape index (κ1) is 24.5. The molecule has 0 spiro atoms. The second kappa shape index (κ2) is 10.2. The highest BCUT2D eigenvalue weighted by Crippen LogP contribution is 2.27. The molecule has 0 radical (unpaired) electrons. The zero-order chi connectivity index (χ0) is 23.5. The molecule has 172 valence electrons. The van der Waals surface area contributed by atoms with Gasteiger partial charge in [-0.25, -0.2) is 17.5 Å². The summed E-state index contributed by atoms with van der Waals surface area (Å²) in [5, 5.41) is 3.48. The van der Waals surface area contributed by atoms with Crippen molar-refractivity contribution in [1.29, 1.82) is 0 Å². The maximum Gasteiger partial charge on any atom is 0.337 e. The van der Waals surface area contributed by atoms with Crippen LogP contribution in [0.5, 0.6) is 0 Å². The molecule has 7 nitrogen and oxygen atoms in total. The number of nitrogens with one attached hydrogen (secondary N) is 1. The number of halogens is 2. The number of hydrogen-bond donors (Lipinski definition) is 1. The molecular weight excluding hydrogens is 475 g/mol. The summed E-state index contributed by atoms with van der Waals surface area (Å²) in [4.78, 5) is 24.7. The highest BCUT2D eigenvalue weighted by atomic mass is 35.5. The molecule has 1 heterocycles. The van der Waals surface area contributed by atoms with Crippen molar-refractivity contribution in [2.45, 2.75) is 25.5 Å². The van der Waals surface area contributed by atoms with Crippen molar-refractivity contribution >= 4 is 50.8 Å². The zero-order valence-electron chi connectivity index (χ0n) is 17.7. The Bertz CT molecular complexity index is 1140. The van der Waals surface area contributed by atoms with Crippen LogP contribution in [0.2, 0.25) is 10.0 Å². The summed E-state index contributed by atoms with van der Waals surface area (Å²) in [7, 11) is -2.36. The van der Waals surface area contributed by atoms with Crippen LogP contribution in [0.15, 0.2) is 36.4 Å². The maximum absolute atomic E-state index is 13.0. The van der Waals surface area contributed by atoms with Crippen LogP contribution >= 0.6 is 23.2 Å². The van der Waals surface area contributed by atoms with Gasteiger partial charge in [0.15, 0.2) is 0 Å². The van der Waals surface area contributed by atoms with E-state index in [0.29, 0.717) is 46.2 Å². The van der Waals surface area contributed by atoms with Gasteiger partial charge in [-0.15, -0.1) is 0 Å². The third kappa shape index (κ3) is 5.81. The molecule has 1 amide bonds. The Hall–Kier alpha value is -2.13. The van der Waals surface area contributed by atoms with Crippen molar-refractivity contribution in [3.05, 3.63) is 63.1 Å². The highest BCUT2D eigenvalue weighted by molar-refractivity contribution is 7.88. The lowest BCUT2D eigenvalue weighted by Crippen LogP contribution is -2.44. The highest BCUT2D eigenvalue weighted by Gasteiger charge is 2.32. The SMILES string of the molecule is COC(=O)c1ccc(C)c(NC(=O)C2CCCN(S(=O)(=O)Cc3ccc(Cl)c(Cl)c3)C2)c1. The molecule has 1 N–H and O–H groups in total. The number of anilines is 1. The first-order chi connectivity index (χ1) is 15.1. The number of methoxy groups -OCH3 is 1. The molecular formula is C22H24Cl2N2O5S. The van der Waals surface area contributed by atoms with Crippen molar-refractivity contribution in [2.24, 2.45) is 5.92 Å². The molecule has 1 fully saturated rings. The number of nitrogens with zero attached hydrogens (tertiary/aromatic N) is 1. The van der Waals surface area contributed by atoms with E-state index in [2.05, 4.69) is 5.32 Å². The number of hydrogen-bond acceptors (Lipinski definition) is 5. The Kier molecular flexibility index (Phi) is 7.82. The first-order valence-corrected chi connectivity index (χ1v) is 12.4. The van der Waals surface area contributed by atoms with Gasteiger partial charge in [-0.3, -0.25) is 4.79 Å². The standard InChI is InChI=1S/C22H24Cl2N2O5S/c1-14-5-7-16(22(28)31-2)11-20(14)25-21(27)17-4-3-9-26(12-17)32(29,30)13-15-6-8-18(23)19(24)10-15/h5-8,10-11,17H,3-4,9,12-13H2,1-2H3,(H,25,27). The smallest absolute Gasteiger partial charge is 0.337 e. The molecule has 1 aliphatic rings. The summed E-state index contributed by atoms with van der Waals surface area (Å²) in [5.74, 6) is -1.52. The van der Waals surface area contributed by atoms with Gasteiger partial charge in [0.25, 0.3) is 0 Å². The fourth-order valence-corrected chi connectivity index (χ4v) is 5.50. The van der Waals surface area contributed by atoms with E-state index >= 15 is 0 Å². The number of aryl methyl sites for hydroxylation is 1. The van der Waals surface area contributed by atoms with Crippen LogP contribution in [0.1, 0.15) is 34.3 Å². The molecule has 32 heavy (non-hydrogen) atoms. The molecule has 2 aromatic carbocycles. The van der Waals surface area contributed by atoms with E-state index in [9.17, 15) is 18.0 Å². The zero-order valence-corrected chi connectivity index (χ0v) is 20.1. The predicted molar refractivity (Wildman–Crippen MR) is 125 cm³/mol. The maximum atomic E-state index is 13.0. The van der Waals surface area contributed by atoms with Gasteiger partial charge in [-0.2, -0.15) is 0 Å². The third-order valence-electron chi connectivity index (χ3n) is 5.40. The van der Waals surface area contributed by atoms with E-state index in [1.54, 1.807) is 30.3 Å². The predicted octanol–water partition coefficient (Wildman–Crippen LogP) is 4.27. The summed E-state index contributed by atoms with van der Waals surface area (Å²) in [6.07, 6.45) is 1.14. The third-order valence-corrected chi connectivity index (χ3v) is 7.95. The number of sulfonamides is 1. The van der Waals surface area contributed by atoms with Crippen LogP contribution in [-0.2, 0) is 25.3 Å². The lowest BCUT2D eigenvalue weighted by molar-refractivity contribution is -0.120. The second-order valence-electron chi connectivity index (χ2n) is 7.71. The van der Waals surface area contributed by atoms with Crippen molar-refractivity contribution in [3.63, 3.8) is 0 Å². The van der Waals surface area contributed by atoms with Crippen LogP contribution in [0, 0.1) is 12.8 Å². The molecule has 0 bridgehead atoms. The number of benzene rings is 2. The summed E-state index contributed by atoms with van der Waals surface area (Å²) in [6, 6.07) is 9.61. The first-order valence-electron chi connectivity index (χ1n) is 10.0. The summed E-state index contributed by atoms with van der Waals surface area (Å²) in [5.41, 5.74) is 2.13. The molecule has 2 aromatic rings. The molecule has 0 aliphatic carbocycles. The molecule has 3 rings (SSSR count). The van der Waals surface area contributed by atoms with Crippen molar-refractivity contribution in [1.82, 2.24) is 4.31 Å². The largest absolute Gasteiger partial charge is 0.465 e. The fraction of sp³-hybridized carbons (Fsp3) is 0.364. The monoisotopic (exact) mass is 498 g/mol. The minimum absolute atomic E-state index is 0.0885. The van der Waals surface area contributed by atoms with Crippen molar-refractivity contribution in [3.8, 4) is 0 Å². The van der Waals surface area contributed by atoms with Gasteiger partial charge in [0.2, 0.25) is 15.9 Å². The average molecular weight is 499 g/mol. The van der Waals surface area contributed by atoms with Crippen molar-refractivity contribution < 1.29 is 22.7 Å². The van der Waals surface area contributed by atoms with E-state index in [0.717, 1.165) is 5.56 Å². The van der Waals surface area contributed by atoms with E-state index < -0.39 is 21.9 Å². The Morgan fingerprint density at radius 2 is 1.91 bits per heavy atom. The fourth-order valence-electron chi connectivity index (χ4n) is 3.58. The summed E-state index contributed by atoms with van der Waals surface area (Å²) in [6.45, 7) is 2.25. The molecule has 1 atom stereocenters. The topological polar surface area (TPSA) is 92.8 Å². The Balaban J connectivity index is 1.70. The van der Waals surface area contributed by atoms with Crippen LogP contribution in [0.3, 0.4) is 0 Å². The summed E-state index contributed by atoms with van der Waals surface area (Å²) >= 11 is 11.9. The Morgan fingerprint density at radius 3 is 2.59 bits per heavy atom. The van der Waals surface area contributed by atoms with Gasteiger partial charge in [0.05, 0.1) is 34.4 Å². The van der Waals surface area contributed by atoms with Gasteiger partial charge in [-0.05, 0) is 55.2 Å². The van der Waals surface area contributed by atoms with Crippen LogP contribution in [0.25, 0.3) is 0 Å². The number of amides is 1. The minimum Gasteiger partial charge on any atom is -0.465 e. The molecule has 1 saturated heterocycles. The van der Waals surface area contributed by atoms with Gasteiger partial charge >= 0.3 is 5.97 Å². The van der Waals surface area contributed by atoms with E-state index in [1.165, 1.54) is 17.5 Å². The number of ether oxygens (including phenoxy) is 1. The normalized spacial score (nSPS) is 17.1. The van der Waals surface area contributed by atoms with Crippen LogP contribution in [-0.4, -0.2) is 44.8 Å². The second-order valence-corrected chi connectivity index (χ2v) is 10.5. The number of carbonyl (C=O) groups is 2. The molecule has 1 aliphatic heterocycles.